The van der Waals surface area contributed by atoms with Crippen molar-refractivity contribution in [3.8, 4) is 6.07 Å². The second kappa shape index (κ2) is 6.43. The Morgan fingerprint density at radius 1 is 1.32 bits per heavy atom. The fourth-order valence-corrected chi connectivity index (χ4v) is 3.78. The van der Waals surface area contributed by atoms with E-state index in [2.05, 4.69) is 40.0 Å². The zero-order valence-corrected chi connectivity index (χ0v) is 13.1. The molecule has 0 bridgehead atoms. The van der Waals surface area contributed by atoms with Crippen molar-refractivity contribution in [3.63, 3.8) is 0 Å². The van der Waals surface area contributed by atoms with Crippen LogP contribution in [-0.2, 0) is 0 Å². The summed E-state index contributed by atoms with van der Waals surface area (Å²) in [5.74, 6) is 0. The van der Waals surface area contributed by atoms with E-state index < -0.39 is 0 Å². The summed E-state index contributed by atoms with van der Waals surface area (Å²) in [6.45, 7) is 1.06. The Bertz CT molecular complexity index is 458. The minimum atomic E-state index is 0.398. The van der Waals surface area contributed by atoms with Crippen LogP contribution in [0.2, 0.25) is 0 Å². The molecule has 0 heterocycles. The smallest absolute Gasteiger partial charge is 0.0992 e. The van der Waals surface area contributed by atoms with Crippen molar-refractivity contribution in [3.05, 3.63) is 29.8 Å². The molecule has 1 aliphatic carbocycles. The summed E-state index contributed by atoms with van der Waals surface area (Å²) in [7, 11) is 2.13. The van der Waals surface area contributed by atoms with E-state index in [1.165, 1.54) is 32.1 Å². The second-order valence-corrected chi connectivity index (χ2v) is 6.27. The standard InChI is InChI=1S/C16H21BrN2/c1-19(15-7-5-6-14(10-15)11-18)13-16(12-17)8-3-2-4-9-16/h5-7,10H,2-4,8-9,12-13H2,1H3. The molecular weight excluding hydrogens is 300 g/mol. The lowest BCUT2D eigenvalue weighted by atomic mass is 9.75. The van der Waals surface area contributed by atoms with Gasteiger partial charge in [0, 0.05) is 24.6 Å². The first kappa shape index (κ1) is 14.4. The summed E-state index contributed by atoms with van der Waals surface area (Å²) >= 11 is 3.72. The van der Waals surface area contributed by atoms with Gasteiger partial charge in [-0.3, -0.25) is 0 Å². The maximum absolute atomic E-state index is 8.99. The molecule has 1 fully saturated rings. The molecule has 0 aliphatic heterocycles. The SMILES string of the molecule is CN(CC1(CBr)CCCCC1)c1cccc(C#N)c1. The molecule has 0 aromatic heterocycles. The molecule has 0 radical (unpaired) electrons. The van der Waals surface area contributed by atoms with Crippen LogP contribution in [0.1, 0.15) is 37.7 Å². The van der Waals surface area contributed by atoms with Crippen LogP contribution in [0, 0.1) is 16.7 Å². The Hall–Kier alpha value is -1.01. The average Bonchev–Trinajstić information content (AvgIpc) is 2.48. The van der Waals surface area contributed by atoms with Gasteiger partial charge < -0.3 is 4.90 Å². The molecule has 0 N–H and O–H groups in total. The molecule has 102 valence electrons. The summed E-state index contributed by atoms with van der Waals surface area (Å²) in [5.41, 5.74) is 2.28. The Balaban J connectivity index is 2.10. The molecule has 2 nitrogen and oxygen atoms in total. The van der Waals surface area contributed by atoms with Crippen LogP contribution in [0.25, 0.3) is 0 Å². The van der Waals surface area contributed by atoms with Crippen molar-refractivity contribution < 1.29 is 0 Å². The van der Waals surface area contributed by atoms with Gasteiger partial charge in [-0.25, -0.2) is 0 Å². The number of nitriles is 1. The van der Waals surface area contributed by atoms with Gasteiger partial charge in [0.05, 0.1) is 11.6 Å². The third-order valence-electron chi connectivity index (χ3n) is 4.19. The summed E-state index contributed by atoms with van der Waals surface area (Å²) in [4.78, 5) is 2.30. The van der Waals surface area contributed by atoms with E-state index in [1.54, 1.807) is 0 Å². The van der Waals surface area contributed by atoms with E-state index in [0.29, 0.717) is 5.41 Å². The number of hydrogen-bond donors (Lipinski definition) is 0. The zero-order chi connectivity index (χ0) is 13.7. The van der Waals surface area contributed by atoms with Crippen LogP contribution in [0.3, 0.4) is 0 Å². The highest BCUT2D eigenvalue weighted by molar-refractivity contribution is 9.09. The van der Waals surface area contributed by atoms with Gasteiger partial charge in [0.15, 0.2) is 0 Å². The zero-order valence-electron chi connectivity index (χ0n) is 11.5. The number of nitrogens with zero attached hydrogens (tertiary/aromatic N) is 2. The van der Waals surface area contributed by atoms with Crippen LogP contribution in [0.4, 0.5) is 5.69 Å². The fraction of sp³-hybridized carbons (Fsp3) is 0.562. The van der Waals surface area contributed by atoms with Gasteiger partial charge in [0.2, 0.25) is 0 Å². The third kappa shape index (κ3) is 3.51. The maximum Gasteiger partial charge on any atom is 0.0992 e. The molecule has 0 spiro atoms. The Labute approximate surface area is 124 Å². The Morgan fingerprint density at radius 3 is 2.68 bits per heavy atom. The first-order valence-corrected chi connectivity index (χ1v) is 8.08. The monoisotopic (exact) mass is 320 g/mol. The number of anilines is 1. The summed E-state index contributed by atoms with van der Waals surface area (Å²) < 4.78 is 0. The lowest BCUT2D eigenvalue weighted by Gasteiger charge is -2.39. The van der Waals surface area contributed by atoms with Crippen molar-refractivity contribution in [1.29, 1.82) is 5.26 Å². The molecule has 1 saturated carbocycles. The van der Waals surface area contributed by atoms with E-state index in [9.17, 15) is 0 Å². The van der Waals surface area contributed by atoms with Gasteiger partial charge in [-0.05, 0) is 36.5 Å². The second-order valence-electron chi connectivity index (χ2n) is 5.71. The first-order valence-electron chi connectivity index (χ1n) is 6.96. The van der Waals surface area contributed by atoms with Crippen LogP contribution >= 0.6 is 15.9 Å². The summed E-state index contributed by atoms with van der Waals surface area (Å²) in [6, 6.07) is 10.1. The van der Waals surface area contributed by atoms with Crippen molar-refractivity contribution in [2.75, 3.05) is 23.8 Å². The lowest BCUT2D eigenvalue weighted by Crippen LogP contribution is -2.38. The quantitative estimate of drug-likeness (QED) is 0.771. The van der Waals surface area contributed by atoms with E-state index in [-0.39, 0.29) is 0 Å². The summed E-state index contributed by atoms with van der Waals surface area (Å²) in [6.07, 6.45) is 6.68. The van der Waals surface area contributed by atoms with Crippen LogP contribution in [-0.4, -0.2) is 18.9 Å². The number of alkyl halides is 1. The minimum absolute atomic E-state index is 0.398. The third-order valence-corrected chi connectivity index (χ3v) is 5.38. The van der Waals surface area contributed by atoms with E-state index >= 15 is 0 Å². The minimum Gasteiger partial charge on any atom is -0.374 e. The van der Waals surface area contributed by atoms with E-state index in [4.69, 9.17) is 5.26 Å². The van der Waals surface area contributed by atoms with Gasteiger partial charge in [-0.1, -0.05) is 41.3 Å². The van der Waals surface area contributed by atoms with Crippen molar-refractivity contribution in [2.45, 2.75) is 32.1 Å². The van der Waals surface area contributed by atoms with Crippen molar-refractivity contribution in [1.82, 2.24) is 0 Å². The molecule has 0 unspecified atom stereocenters. The van der Waals surface area contributed by atoms with Gasteiger partial charge in [0.25, 0.3) is 0 Å². The molecule has 1 aromatic rings. The van der Waals surface area contributed by atoms with Crippen LogP contribution in [0.15, 0.2) is 24.3 Å². The molecule has 2 rings (SSSR count). The Morgan fingerprint density at radius 2 is 2.05 bits per heavy atom. The molecule has 19 heavy (non-hydrogen) atoms. The highest BCUT2D eigenvalue weighted by atomic mass is 79.9. The first-order chi connectivity index (χ1) is 9.19. The van der Waals surface area contributed by atoms with Gasteiger partial charge in [0.1, 0.15) is 0 Å². The van der Waals surface area contributed by atoms with Gasteiger partial charge in [-0.2, -0.15) is 5.26 Å². The number of hydrogen-bond acceptors (Lipinski definition) is 2. The Kier molecular flexibility index (Phi) is 4.87. The number of benzene rings is 1. The predicted molar refractivity (Wildman–Crippen MR) is 83.7 cm³/mol. The molecule has 0 amide bonds. The van der Waals surface area contributed by atoms with Crippen molar-refractivity contribution in [2.24, 2.45) is 5.41 Å². The molecule has 1 aromatic carbocycles. The normalized spacial score (nSPS) is 17.7. The van der Waals surface area contributed by atoms with Crippen LogP contribution in [0.5, 0.6) is 0 Å². The predicted octanol–water partition coefficient (Wildman–Crippen LogP) is 4.34. The average molecular weight is 321 g/mol. The highest BCUT2D eigenvalue weighted by Crippen LogP contribution is 2.39. The summed E-state index contributed by atoms with van der Waals surface area (Å²) in [5, 5.41) is 10.1. The van der Waals surface area contributed by atoms with Gasteiger partial charge in [-0.15, -0.1) is 0 Å². The van der Waals surface area contributed by atoms with Gasteiger partial charge >= 0.3 is 0 Å². The number of halogens is 1. The van der Waals surface area contributed by atoms with Crippen LogP contribution < -0.4 is 4.90 Å². The maximum atomic E-state index is 8.99. The molecular formula is C16H21BrN2. The number of rotatable bonds is 4. The molecule has 1 aliphatic rings. The molecule has 0 atom stereocenters. The largest absolute Gasteiger partial charge is 0.374 e. The highest BCUT2D eigenvalue weighted by Gasteiger charge is 2.32. The van der Waals surface area contributed by atoms with Crippen molar-refractivity contribution >= 4 is 21.6 Å². The fourth-order valence-electron chi connectivity index (χ4n) is 3.04. The van der Waals surface area contributed by atoms with E-state index in [0.717, 1.165) is 23.1 Å². The molecule has 0 saturated heterocycles. The lowest BCUT2D eigenvalue weighted by molar-refractivity contribution is 0.232. The van der Waals surface area contributed by atoms with E-state index in [1.807, 2.05) is 18.2 Å². The molecule has 3 heteroatoms. The topological polar surface area (TPSA) is 27.0 Å².